The maximum Gasteiger partial charge on any atom is 0.225 e. The summed E-state index contributed by atoms with van der Waals surface area (Å²) in [6.45, 7) is 4.28. The minimum atomic E-state index is 0.0586. The summed E-state index contributed by atoms with van der Waals surface area (Å²) in [6, 6.07) is 7.97. The lowest BCUT2D eigenvalue weighted by molar-refractivity contribution is -0.116. The van der Waals surface area contributed by atoms with Crippen LogP contribution in [0.3, 0.4) is 0 Å². The molecule has 1 aliphatic rings. The van der Waals surface area contributed by atoms with E-state index in [4.69, 9.17) is 4.99 Å². The van der Waals surface area contributed by atoms with Crippen molar-refractivity contribution >= 4 is 17.6 Å². The van der Waals surface area contributed by atoms with Gasteiger partial charge in [0, 0.05) is 44.4 Å². The molecule has 2 aromatic rings. The molecule has 0 spiro atoms. The SMILES string of the molecule is CCNC(=NCC1CC(=O)Nc2ccccc21)NCCCc1cnn(C)c1. The van der Waals surface area contributed by atoms with Crippen LogP contribution in [0.5, 0.6) is 0 Å². The molecule has 2 heterocycles. The van der Waals surface area contributed by atoms with E-state index in [1.807, 2.05) is 42.3 Å². The topological polar surface area (TPSA) is 83.3 Å². The van der Waals surface area contributed by atoms with Gasteiger partial charge in [0.15, 0.2) is 5.96 Å². The third kappa shape index (κ3) is 5.32. The molecule has 1 aliphatic heterocycles. The zero-order chi connectivity index (χ0) is 19.1. The number of aryl methyl sites for hydroxylation is 2. The molecule has 3 rings (SSSR count). The van der Waals surface area contributed by atoms with Crippen molar-refractivity contribution in [1.29, 1.82) is 0 Å². The summed E-state index contributed by atoms with van der Waals surface area (Å²) in [6.07, 6.45) is 6.41. The van der Waals surface area contributed by atoms with Crippen LogP contribution in [0.25, 0.3) is 0 Å². The Morgan fingerprint density at radius 3 is 3.00 bits per heavy atom. The van der Waals surface area contributed by atoms with Crippen molar-refractivity contribution in [3.8, 4) is 0 Å². The number of anilines is 1. The van der Waals surface area contributed by atoms with Gasteiger partial charge in [0.05, 0.1) is 12.7 Å². The van der Waals surface area contributed by atoms with Crippen LogP contribution in [-0.2, 0) is 18.3 Å². The van der Waals surface area contributed by atoms with Gasteiger partial charge in [0.25, 0.3) is 0 Å². The Morgan fingerprint density at radius 1 is 1.37 bits per heavy atom. The van der Waals surface area contributed by atoms with Gasteiger partial charge >= 0.3 is 0 Å². The van der Waals surface area contributed by atoms with Crippen LogP contribution < -0.4 is 16.0 Å². The number of para-hydroxylation sites is 1. The first-order valence-corrected chi connectivity index (χ1v) is 9.54. The van der Waals surface area contributed by atoms with Crippen LogP contribution >= 0.6 is 0 Å². The summed E-state index contributed by atoms with van der Waals surface area (Å²) >= 11 is 0. The minimum absolute atomic E-state index is 0.0586. The lowest BCUT2D eigenvalue weighted by Gasteiger charge is -2.24. The molecule has 1 atom stereocenters. The molecule has 3 N–H and O–H groups in total. The number of hydrogen-bond acceptors (Lipinski definition) is 3. The van der Waals surface area contributed by atoms with E-state index in [9.17, 15) is 4.79 Å². The first-order chi connectivity index (χ1) is 13.2. The number of amides is 1. The van der Waals surface area contributed by atoms with Crippen molar-refractivity contribution in [2.24, 2.45) is 12.0 Å². The summed E-state index contributed by atoms with van der Waals surface area (Å²) in [5.74, 6) is 0.969. The second-order valence-corrected chi connectivity index (χ2v) is 6.81. The fraction of sp³-hybridized carbons (Fsp3) is 0.450. The number of guanidine groups is 1. The molecule has 1 unspecified atom stereocenters. The first kappa shape index (κ1) is 18.9. The number of aromatic nitrogens is 2. The molecular weight excluding hydrogens is 340 g/mol. The summed E-state index contributed by atoms with van der Waals surface area (Å²) in [5, 5.41) is 13.8. The summed E-state index contributed by atoms with van der Waals surface area (Å²) in [7, 11) is 1.93. The lowest BCUT2D eigenvalue weighted by Crippen LogP contribution is -2.38. The number of carbonyl (C=O) groups is 1. The average Bonchev–Trinajstić information content (AvgIpc) is 3.08. The Kier molecular flexibility index (Phi) is 6.46. The van der Waals surface area contributed by atoms with E-state index in [-0.39, 0.29) is 11.8 Å². The summed E-state index contributed by atoms with van der Waals surface area (Å²) < 4.78 is 1.83. The van der Waals surface area contributed by atoms with Crippen LogP contribution in [0, 0.1) is 0 Å². The van der Waals surface area contributed by atoms with Crippen LogP contribution in [0.1, 0.15) is 36.8 Å². The monoisotopic (exact) mass is 368 g/mol. The number of benzene rings is 1. The van der Waals surface area contributed by atoms with Crippen LogP contribution in [0.4, 0.5) is 5.69 Å². The zero-order valence-corrected chi connectivity index (χ0v) is 16.0. The Labute approximate surface area is 160 Å². The standard InChI is InChI=1S/C20H28N6O/c1-3-21-20(22-10-6-7-15-12-24-26(2)14-15)23-13-16-11-19(27)25-18-9-5-4-8-17(16)18/h4-5,8-9,12,14,16H,3,6-7,10-11,13H2,1-2H3,(H,25,27)(H2,21,22,23). The fourth-order valence-electron chi connectivity index (χ4n) is 3.31. The predicted octanol–water partition coefficient (Wildman–Crippen LogP) is 2.03. The van der Waals surface area contributed by atoms with Crippen molar-refractivity contribution in [2.75, 3.05) is 25.0 Å². The highest BCUT2D eigenvalue weighted by Gasteiger charge is 2.24. The van der Waals surface area contributed by atoms with E-state index in [0.717, 1.165) is 43.1 Å². The number of nitrogens with zero attached hydrogens (tertiary/aromatic N) is 3. The van der Waals surface area contributed by atoms with Crippen molar-refractivity contribution in [1.82, 2.24) is 20.4 Å². The van der Waals surface area contributed by atoms with Gasteiger partial charge in [-0.05, 0) is 37.0 Å². The third-order valence-corrected chi connectivity index (χ3v) is 4.61. The summed E-state index contributed by atoms with van der Waals surface area (Å²) in [4.78, 5) is 16.7. The van der Waals surface area contributed by atoms with Crippen LogP contribution in [-0.4, -0.2) is 41.3 Å². The second kappa shape index (κ2) is 9.21. The van der Waals surface area contributed by atoms with E-state index in [2.05, 4.69) is 34.0 Å². The van der Waals surface area contributed by atoms with Gasteiger partial charge < -0.3 is 16.0 Å². The predicted molar refractivity (Wildman–Crippen MR) is 108 cm³/mol. The number of hydrogen-bond donors (Lipinski definition) is 3. The molecule has 1 aromatic carbocycles. The van der Waals surface area contributed by atoms with Gasteiger partial charge in [-0.15, -0.1) is 0 Å². The molecule has 0 saturated heterocycles. The van der Waals surface area contributed by atoms with E-state index in [1.54, 1.807) is 0 Å². The fourth-order valence-corrected chi connectivity index (χ4v) is 3.31. The molecule has 144 valence electrons. The van der Waals surface area contributed by atoms with Gasteiger partial charge in [0.1, 0.15) is 0 Å². The molecule has 7 heteroatoms. The smallest absolute Gasteiger partial charge is 0.225 e. The Hall–Kier alpha value is -2.83. The van der Waals surface area contributed by atoms with Gasteiger partial charge in [-0.2, -0.15) is 5.10 Å². The average molecular weight is 368 g/mol. The molecule has 0 saturated carbocycles. The molecule has 0 bridgehead atoms. The largest absolute Gasteiger partial charge is 0.357 e. The van der Waals surface area contributed by atoms with Gasteiger partial charge in [0.2, 0.25) is 5.91 Å². The van der Waals surface area contributed by atoms with Crippen molar-refractivity contribution < 1.29 is 4.79 Å². The molecule has 1 aromatic heterocycles. The molecule has 1 amide bonds. The Bertz CT molecular complexity index is 797. The number of rotatable bonds is 7. The maximum atomic E-state index is 12.0. The molecule has 0 aliphatic carbocycles. The van der Waals surface area contributed by atoms with E-state index < -0.39 is 0 Å². The highest BCUT2D eigenvalue weighted by molar-refractivity contribution is 5.94. The van der Waals surface area contributed by atoms with Crippen molar-refractivity contribution in [3.63, 3.8) is 0 Å². The highest BCUT2D eigenvalue weighted by Crippen LogP contribution is 2.31. The van der Waals surface area contributed by atoms with Crippen molar-refractivity contribution in [2.45, 2.75) is 32.1 Å². The van der Waals surface area contributed by atoms with Gasteiger partial charge in [-0.1, -0.05) is 18.2 Å². The maximum absolute atomic E-state index is 12.0. The number of fused-ring (bicyclic) bond motifs is 1. The highest BCUT2D eigenvalue weighted by atomic mass is 16.1. The molecule has 0 radical (unpaired) electrons. The second-order valence-electron chi connectivity index (χ2n) is 6.81. The number of aliphatic imine (C=N–C) groups is 1. The molecule has 27 heavy (non-hydrogen) atoms. The molecular formula is C20H28N6O. The Balaban J connectivity index is 1.55. The van der Waals surface area contributed by atoms with E-state index in [0.29, 0.717) is 13.0 Å². The molecule has 0 fully saturated rings. The normalized spacial score (nSPS) is 16.6. The zero-order valence-electron chi connectivity index (χ0n) is 16.0. The lowest BCUT2D eigenvalue weighted by atomic mass is 9.91. The van der Waals surface area contributed by atoms with Crippen LogP contribution in [0.2, 0.25) is 0 Å². The summed E-state index contributed by atoms with van der Waals surface area (Å²) in [5.41, 5.74) is 3.31. The third-order valence-electron chi connectivity index (χ3n) is 4.61. The quantitative estimate of drug-likeness (QED) is 0.397. The number of carbonyl (C=O) groups excluding carboxylic acids is 1. The van der Waals surface area contributed by atoms with E-state index >= 15 is 0 Å². The molecule has 7 nitrogen and oxygen atoms in total. The van der Waals surface area contributed by atoms with Crippen molar-refractivity contribution in [3.05, 3.63) is 47.8 Å². The Morgan fingerprint density at radius 2 is 2.22 bits per heavy atom. The van der Waals surface area contributed by atoms with Crippen LogP contribution in [0.15, 0.2) is 41.7 Å². The number of nitrogens with one attached hydrogen (secondary N) is 3. The van der Waals surface area contributed by atoms with Gasteiger partial charge in [-0.25, -0.2) is 0 Å². The van der Waals surface area contributed by atoms with Gasteiger partial charge in [-0.3, -0.25) is 14.5 Å². The minimum Gasteiger partial charge on any atom is -0.357 e. The first-order valence-electron chi connectivity index (χ1n) is 9.54. The van der Waals surface area contributed by atoms with E-state index in [1.165, 1.54) is 5.56 Å².